The molecule has 0 unspecified atom stereocenters. The first-order valence-electron chi connectivity index (χ1n) is 5.70. The van der Waals surface area contributed by atoms with Crippen molar-refractivity contribution in [1.29, 1.82) is 0 Å². The summed E-state index contributed by atoms with van der Waals surface area (Å²) in [5.74, 6) is -0.449. The fourth-order valence-corrected chi connectivity index (χ4v) is 1.94. The van der Waals surface area contributed by atoms with Gasteiger partial charge in [0.15, 0.2) is 5.78 Å². The van der Waals surface area contributed by atoms with E-state index in [-0.39, 0.29) is 22.4 Å². The summed E-state index contributed by atoms with van der Waals surface area (Å²) in [5.41, 5.74) is 0.174. The Morgan fingerprint density at radius 3 is 2.37 bits per heavy atom. The number of carbonyl (C=O) groups excluding carboxylic acids is 1. The molecule has 0 heterocycles. The molecule has 5 heteroatoms. The Balaban J connectivity index is 2.71. The minimum atomic E-state index is -1.16. The van der Waals surface area contributed by atoms with E-state index in [9.17, 15) is 20.1 Å². The van der Waals surface area contributed by atoms with E-state index in [1.807, 2.05) is 0 Å². The minimum Gasteiger partial charge on any atom is -0.507 e. The van der Waals surface area contributed by atoms with Crippen LogP contribution in [0.1, 0.15) is 17.3 Å². The van der Waals surface area contributed by atoms with Crippen LogP contribution in [-0.2, 0) is 0 Å². The first-order valence-corrected chi connectivity index (χ1v) is 5.70. The third-order valence-electron chi connectivity index (χ3n) is 2.88. The lowest BCUT2D eigenvalue weighted by atomic mass is 10.0. The van der Waals surface area contributed by atoms with Gasteiger partial charge in [0.25, 0.3) is 0 Å². The lowest BCUT2D eigenvalue weighted by Crippen LogP contribution is -2.15. The Labute approximate surface area is 109 Å². The Bertz CT molecular complexity index is 646. The number of phenolic OH excluding ortho intramolecular Hbond substituents is 2. The normalized spacial score (nSPS) is 12.4. The average molecular weight is 262 g/mol. The van der Waals surface area contributed by atoms with Crippen LogP contribution in [0.5, 0.6) is 17.2 Å². The number of methoxy groups -OCH3 is 1. The molecule has 0 fully saturated rings. The predicted octanol–water partition coefficient (Wildman–Crippen LogP) is 1.82. The SMILES string of the molecule is COc1cc(O)c2c(O)cc(C(=O)[C@H](C)O)cc2c1. The van der Waals surface area contributed by atoms with Gasteiger partial charge in [-0.3, -0.25) is 4.79 Å². The Morgan fingerprint density at radius 2 is 1.79 bits per heavy atom. The second kappa shape index (κ2) is 4.78. The van der Waals surface area contributed by atoms with Crippen LogP contribution >= 0.6 is 0 Å². The highest BCUT2D eigenvalue weighted by atomic mass is 16.5. The highest BCUT2D eigenvalue weighted by Gasteiger charge is 2.16. The maximum atomic E-state index is 11.7. The molecule has 5 nitrogen and oxygen atoms in total. The molecule has 0 spiro atoms. The fourth-order valence-electron chi connectivity index (χ4n) is 1.94. The number of fused-ring (bicyclic) bond motifs is 1. The van der Waals surface area contributed by atoms with Crippen molar-refractivity contribution in [1.82, 2.24) is 0 Å². The van der Waals surface area contributed by atoms with Crippen LogP contribution in [-0.4, -0.2) is 34.3 Å². The molecule has 19 heavy (non-hydrogen) atoms. The van der Waals surface area contributed by atoms with Crippen molar-refractivity contribution in [2.45, 2.75) is 13.0 Å². The summed E-state index contributed by atoms with van der Waals surface area (Å²) >= 11 is 0. The molecule has 0 aliphatic carbocycles. The zero-order valence-electron chi connectivity index (χ0n) is 10.5. The van der Waals surface area contributed by atoms with Gasteiger partial charge in [-0.25, -0.2) is 0 Å². The smallest absolute Gasteiger partial charge is 0.191 e. The number of carbonyl (C=O) groups is 1. The molecule has 0 saturated heterocycles. The Hall–Kier alpha value is -2.27. The van der Waals surface area contributed by atoms with E-state index < -0.39 is 11.9 Å². The van der Waals surface area contributed by atoms with E-state index in [4.69, 9.17) is 4.74 Å². The summed E-state index contributed by atoms with van der Waals surface area (Å²) in [5, 5.41) is 29.7. The van der Waals surface area contributed by atoms with Gasteiger partial charge in [-0.2, -0.15) is 0 Å². The van der Waals surface area contributed by atoms with Gasteiger partial charge < -0.3 is 20.1 Å². The molecule has 0 bridgehead atoms. The molecule has 0 aliphatic heterocycles. The Morgan fingerprint density at radius 1 is 1.16 bits per heavy atom. The van der Waals surface area contributed by atoms with Gasteiger partial charge in [0.2, 0.25) is 0 Å². The van der Waals surface area contributed by atoms with E-state index in [0.29, 0.717) is 11.1 Å². The van der Waals surface area contributed by atoms with Crippen molar-refractivity contribution in [2.75, 3.05) is 7.11 Å². The second-order valence-electron chi connectivity index (χ2n) is 4.28. The van der Waals surface area contributed by atoms with Crippen molar-refractivity contribution >= 4 is 16.6 Å². The molecule has 2 aromatic rings. The third-order valence-corrected chi connectivity index (χ3v) is 2.88. The largest absolute Gasteiger partial charge is 0.507 e. The molecular weight excluding hydrogens is 248 g/mol. The number of phenols is 2. The number of benzene rings is 2. The van der Waals surface area contributed by atoms with Crippen LogP contribution in [0.4, 0.5) is 0 Å². The number of hydrogen-bond acceptors (Lipinski definition) is 5. The van der Waals surface area contributed by atoms with E-state index >= 15 is 0 Å². The van der Waals surface area contributed by atoms with E-state index in [0.717, 1.165) is 0 Å². The summed E-state index contributed by atoms with van der Waals surface area (Å²) in [6.07, 6.45) is -1.16. The molecule has 2 rings (SSSR count). The Kier molecular flexibility index (Phi) is 3.31. The zero-order chi connectivity index (χ0) is 14.2. The summed E-state index contributed by atoms with van der Waals surface area (Å²) < 4.78 is 5.01. The third kappa shape index (κ3) is 2.32. The molecule has 0 saturated carbocycles. The summed E-state index contributed by atoms with van der Waals surface area (Å²) in [7, 11) is 1.45. The number of ketones is 1. The maximum Gasteiger partial charge on any atom is 0.191 e. The molecule has 3 N–H and O–H groups in total. The van der Waals surface area contributed by atoms with Gasteiger partial charge >= 0.3 is 0 Å². The van der Waals surface area contributed by atoms with E-state index in [1.54, 1.807) is 6.07 Å². The van der Waals surface area contributed by atoms with Gasteiger partial charge in [0, 0.05) is 11.6 Å². The van der Waals surface area contributed by atoms with Gasteiger partial charge in [-0.15, -0.1) is 0 Å². The second-order valence-corrected chi connectivity index (χ2v) is 4.28. The number of Topliss-reactive ketones (excluding diaryl/α,β-unsaturated/α-hetero) is 1. The van der Waals surface area contributed by atoms with Gasteiger partial charge in [-0.1, -0.05) is 0 Å². The van der Waals surface area contributed by atoms with Crippen molar-refractivity contribution in [2.24, 2.45) is 0 Å². The molecule has 0 aliphatic rings. The predicted molar refractivity (Wildman–Crippen MR) is 69.8 cm³/mol. The first-order chi connectivity index (χ1) is 8.93. The van der Waals surface area contributed by atoms with Crippen LogP contribution in [0.15, 0.2) is 24.3 Å². The summed E-state index contributed by atoms with van der Waals surface area (Å²) in [4.78, 5) is 11.7. The van der Waals surface area contributed by atoms with Crippen molar-refractivity contribution < 1.29 is 24.9 Å². The number of aromatic hydroxyl groups is 2. The van der Waals surface area contributed by atoms with Gasteiger partial charge in [0.05, 0.1) is 12.5 Å². The van der Waals surface area contributed by atoms with Gasteiger partial charge in [0.1, 0.15) is 23.4 Å². The number of aliphatic hydroxyl groups is 1. The van der Waals surface area contributed by atoms with E-state index in [2.05, 4.69) is 0 Å². The van der Waals surface area contributed by atoms with Crippen LogP contribution in [0.2, 0.25) is 0 Å². The average Bonchev–Trinajstić information content (AvgIpc) is 2.36. The highest BCUT2D eigenvalue weighted by Crippen LogP contribution is 2.37. The molecule has 1 atom stereocenters. The quantitative estimate of drug-likeness (QED) is 0.734. The lowest BCUT2D eigenvalue weighted by molar-refractivity contribution is 0.0779. The molecule has 100 valence electrons. The van der Waals surface area contributed by atoms with Crippen LogP contribution in [0, 0.1) is 0 Å². The number of ether oxygens (including phenoxy) is 1. The minimum absolute atomic E-state index is 0.136. The zero-order valence-corrected chi connectivity index (χ0v) is 10.5. The molecule has 0 amide bonds. The molecule has 0 aromatic heterocycles. The van der Waals surface area contributed by atoms with Crippen LogP contribution in [0.25, 0.3) is 10.8 Å². The summed E-state index contributed by atoms with van der Waals surface area (Å²) in [6, 6.07) is 5.68. The summed E-state index contributed by atoms with van der Waals surface area (Å²) in [6.45, 7) is 1.35. The molecular formula is C14H14O5. The maximum absolute atomic E-state index is 11.7. The van der Waals surface area contributed by atoms with Crippen LogP contribution < -0.4 is 4.74 Å². The monoisotopic (exact) mass is 262 g/mol. The molecule has 2 aromatic carbocycles. The number of hydrogen-bond donors (Lipinski definition) is 3. The van der Waals surface area contributed by atoms with Crippen molar-refractivity contribution in [3.63, 3.8) is 0 Å². The lowest BCUT2D eigenvalue weighted by Gasteiger charge is -2.10. The topological polar surface area (TPSA) is 87.0 Å². The highest BCUT2D eigenvalue weighted by molar-refractivity contribution is 6.05. The fraction of sp³-hybridized carbons (Fsp3) is 0.214. The van der Waals surface area contributed by atoms with E-state index in [1.165, 1.54) is 32.2 Å². The van der Waals surface area contributed by atoms with Gasteiger partial charge in [-0.05, 0) is 30.5 Å². The first kappa shape index (κ1) is 13.2. The van der Waals surface area contributed by atoms with Crippen molar-refractivity contribution in [3.8, 4) is 17.2 Å². The molecule has 0 radical (unpaired) electrons. The number of aliphatic hydroxyl groups excluding tert-OH is 1. The van der Waals surface area contributed by atoms with Crippen molar-refractivity contribution in [3.05, 3.63) is 29.8 Å². The number of rotatable bonds is 3. The standard InChI is InChI=1S/C14H14O5/c1-7(15)14(18)9-3-8-4-10(19-2)6-12(17)13(8)11(16)5-9/h3-7,15-17H,1-2H3/t7-/m0/s1. The van der Waals surface area contributed by atoms with Crippen LogP contribution in [0.3, 0.4) is 0 Å².